The van der Waals surface area contributed by atoms with Crippen molar-refractivity contribution in [2.24, 2.45) is 0 Å². The first-order valence-electron chi connectivity index (χ1n) is 7.92. The molecule has 1 aromatic heterocycles. The van der Waals surface area contributed by atoms with E-state index in [2.05, 4.69) is 15.2 Å². The Bertz CT molecular complexity index is 785. The number of aromatic nitrogens is 1. The van der Waals surface area contributed by atoms with Gasteiger partial charge in [0.05, 0.1) is 11.5 Å². The zero-order valence-electron chi connectivity index (χ0n) is 13.4. The molecule has 25 heavy (non-hydrogen) atoms. The molecule has 130 valence electrons. The summed E-state index contributed by atoms with van der Waals surface area (Å²) >= 11 is 5.78. The molecule has 3 rings (SSSR count). The Morgan fingerprint density at radius 3 is 3.00 bits per heavy atom. The summed E-state index contributed by atoms with van der Waals surface area (Å²) in [5.74, 6) is -0.215. The Morgan fingerprint density at radius 2 is 2.28 bits per heavy atom. The molecule has 2 heterocycles. The molecule has 0 radical (unpaired) electrons. The van der Waals surface area contributed by atoms with E-state index in [0.29, 0.717) is 5.69 Å². The highest BCUT2D eigenvalue weighted by Crippen LogP contribution is 2.31. The molecular formula is C17H17ClN4O3. The third-order valence-corrected chi connectivity index (χ3v) is 4.53. The van der Waals surface area contributed by atoms with Crippen LogP contribution in [0.2, 0.25) is 5.02 Å². The van der Waals surface area contributed by atoms with E-state index >= 15 is 0 Å². The Kier molecular flexibility index (Phi) is 5.25. The summed E-state index contributed by atoms with van der Waals surface area (Å²) < 4.78 is 0. The normalized spacial score (nSPS) is 17.4. The van der Waals surface area contributed by atoms with Gasteiger partial charge in [0.25, 0.3) is 5.69 Å². The van der Waals surface area contributed by atoms with E-state index in [-0.39, 0.29) is 29.2 Å². The first-order chi connectivity index (χ1) is 12.0. The molecule has 2 aromatic rings. The van der Waals surface area contributed by atoms with Crippen LogP contribution in [-0.2, 0) is 4.79 Å². The van der Waals surface area contributed by atoms with Crippen LogP contribution in [-0.4, -0.2) is 33.8 Å². The van der Waals surface area contributed by atoms with Crippen LogP contribution in [0.15, 0.2) is 42.7 Å². The van der Waals surface area contributed by atoms with Crippen molar-refractivity contribution in [2.45, 2.75) is 18.9 Å². The van der Waals surface area contributed by atoms with Gasteiger partial charge in [0.15, 0.2) is 0 Å². The number of pyridine rings is 1. The standard InChI is InChI=1S/C17H17ClN4O3/c18-14-6-5-13(9-16(14)22(24)25)20-17(23)11-21-8-2-4-15(21)12-3-1-7-19-10-12/h1,3,5-7,9-10,15H,2,4,8,11H2,(H,20,23)/t15-/m0/s1. The number of carbonyl (C=O) groups is 1. The predicted octanol–water partition coefficient (Wildman–Crippen LogP) is 3.42. The second-order valence-electron chi connectivity index (χ2n) is 5.89. The molecule has 0 aliphatic carbocycles. The lowest BCUT2D eigenvalue weighted by atomic mass is 10.1. The van der Waals surface area contributed by atoms with Gasteiger partial charge < -0.3 is 5.32 Å². The van der Waals surface area contributed by atoms with E-state index in [0.717, 1.165) is 24.9 Å². The SMILES string of the molecule is O=C(CN1CCC[C@H]1c1cccnc1)Nc1ccc(Cl)c([N+](=O)[O-])c1. The molecule has 1 N–H and O–H groups in total. The molecule has 1 atom stereocenters. The van der Waals surface area contributed by atoms with Crippen molar-refractivity contribution in [3.63, 3.8) is 0 Å². The van der Waals surface area contributed by atoms with E-state index < -0.39 is 4.92 Å². The van der Waals surface area contributed by atoms with E-state index in [1.54, 1.807) is 12.3 Å². The van der Waals surface area contributed by atoms with Crippen molar-refractivity contribution < 1.29 is 9.72 Å². The molecular weight excluding hydrogens is 344 g/mol. The summed E-state index contributed by atoms with van der Waals surface area (Å²) in [6.45, 7) is 1.05. The van der Waals surface area contributed by atoms with Crippen LogP contribution in [0, 0.1) is 10.1 Å². The molecule has 1 aliphatic rings. The topological polar surface area (TPSA) is 88.4 Å². The number of amides is 1. The monoisotopic (exact) mass is 360 g/mol. The van der Waals surface area contributed by atoms with Gasteiger partial charge in [0, 0.05) is 30.2 Å². The summed E-state index contributed by atoms with van der Waals surface area (Å²) in [5, 5.41) is 13.7. The van der Waals surface area contributed by atoms with Crippen molar-refractivity contribution in [3.05, 3.63) is 63.4 Å². The third kappa shape index (κ3) is 4.12. The van der Waals surface area contributed by atoms with Crippen LogP contribution in [0.3, 0.4) is 0 Å². The Morgan fingerprint density at radius 1 is 1.44 bits per heavy atom. The zero-order valence-corrected chi connectivity index (χ0v) is 14.1. The minimum absolute atomic E-state index is 0.0409. The minimum atomic E-state index is -0.573. The van der Waals surface area contributed by atoms with Crippen LogP contribution in [0.1, 0.15) is 24.4 Å². The van der Waals surface area contributed by atoms with Gasteiger partial charge in [-0.3, -0.25) is 24.8 Å². The molecule has 1 saturated heterocycles. The van der Waals surface area contributed by atoms with Gasteiger partial charge >= 0.3 is 0 Å². The van der Waals surface area contributed by atoms with Crippen LogP contribution < -0.4 is 5.32 Å². The van der Waals surface area contributed by atoms with E-state index in [1.807, 2.05) is 18.3 Å². The summed E-state index contributed by atoms with van der Waals surface area (Å²) in [5.41, 5.74) is 1.22. The summed E-state index contributed by atoms with van der Waals surface area (Å²) in [6.07, 6.45) is 5.54. The number of carbonyl (C=O) groups excluding carboxylic acids is 1. The van der Waals surface area contributed by atoms with Gasteiger partial charge in [-0.05, 0) is 43.1 Å². The summed E-state index contributed by atoms with van der Waals surface area (Å²) in [4.78, 5) is 28.9. The third-order valence-electron chi connectivity index (χ3n) is 4.21. The number of hydrogen-bond acceptors (Lipinski definition) is 5. The van der Waals surface area contributed by atoms with Crippen molar-refractivity contribution >= 4 is 28.9 Å². The van der Waals surface area contributed by atoms with Crippen molar-refractivity contribution in [2.75, 3.05) is 18.4 Å². The van der Waals surface area contributed by atoms with Crippen molar-refractivity contribution in [1.29, 1.82) is 0 Å². The molecule has 1 aromatic carbocycles. The molecule has 0 unspecified atom stereocenters. The molecule has 0 saturated carbocycles. The van der Waals surface area contributed by atoms with Gasteiger partial charge in [-0.15, -0.1) is 0 Å². The highest BCUT2D eigenvalue weighted by molar-refractivity contribution is 6.32. The highest BCUT2D eigenvalue weighted by atomic mass is 35.5. The number of hydrogen-bond donors (Lipinski definition) is 1. The van der Waals surface area contributed by atoms with E-state index in [4.69, 9.17) is 11.6 Å². The minimum Gasteiger partial charge on any atom is -0.325 e. The summed E-state index contributed by atoms with van der Waals surface area (Å²) in [6, 6.07) is 8.29. The molecule has 1 fully saturated rings. The first kappa shape index (κ1) is 17.3. The molecule has 0 spiro atoms. The van der Waals surface area contributed by atoms with Crippen molar-refractivity contribution in [3.8, 4) is 0 Å². The van der Waals surface area contributed by atoms with E-state index in [9.17, 15) is 14.9 Å². The maximum absolute atomic E-state index is 12.3. The first-order valence-corrected chi connectivity index (χ1v) is 8.30. The molecule has 1 aliphatic heterocycles. The van der Waals surface area contributed by atoms with Gasteiger partial charge in [0.1, 0.15) is 5.02 Å². The highest BCUT2D eigenvalue weighted by Gasteiger charge is 2.27. The Labute approximate surface area is 149 Å². The van der Waals surface area contributed by atoms with Crippen molar-refractivity contribution in [1.82, 2.24) is 9.88 Å². The smallest absolute Gasteiger partial charge is 0.289 e. The second-order valence-corrected chi connectivity index (χ2v) is 6.29. The average molecular weight is 361 g/mol. The predicted molar refractivity (Wildman–Crippen MR) is 94.5 cm³/mol. The quantitative estimate of drug-likeness (QED) is 0.652. The number of anilines is 1. The number of nitro benzene ring substituents is 1. The number of rotatable bonds is 5. The number of halogens is 1. The van der Waals surface area contributed by atoms with E-state index in [1.165, 1.54) is 12.1 Å². The summed E-state index contributed by atoms with van der Waals surface area (Å²) in [7, 11) is 0. The molecule has 7 nitrogen and oxygen atoms in total. The lowest BCUT2D eigenvalue weighted by molar-refractivity contribution is -0.384. The second kappa shape index (κ2) is 7.58. The maximum Gasteiger partial charge on any atom is 0.289 e. The molecule has 8 heteroatoms. The van der Waals surface area contributed by atoms with Gasteiger partial charge in [-0.2, -0.15) is 0 Å². The van der Waals surface area contributed by atoms with Crippen LogP contribution in [0.25, 0.3) is 0 Å². The Hall–Kier alpha value is -2.51. The lowest BCUT2D eigenvalue weighted by Crippen LogP contribution is -2.33. The maximum atomic E-state index is 12.3. The molecule has 0 bridgehead atoms. The van der Waals surface area contributed by atoms with Gasteiger partial charge in [-0.25, -0.2) is 0 Å². The van der Waals surface area contributed by atoms with Crippen LogP contribution in [0.5, 0.6) is 0 Å². The number of nitrogens with one attached hydrogen (secondary N) is 1. The largest absolute Gasteiger partial charge is 0.325 e. The number of likely N-dealkylation sites (tertiary alicyclic amines) is 1. The Balaban J connectivity index is 1.66. The fourth-order valence-corrected chi connectivity index (χ4v) is 3.27. The van der Waals surface area contributed by atoms with Gasteiger partial charge in [0.2, 0.25) is 5.91 Å². The number of nitro groups is 1. The number of nitrogens with zero attached hydrogens (tertiary/aromatic N) is 3. The van der Waals surface area contributed by atoms with Gasteiger partial charge in [-0.1, -0.05) is 17.7 Å². The number of benzene rings is 1. The van der Waals surface area contributed by atoms with Crippen LogP contribution in [0.4, 0.5) is 11.4 Å². The fourth-order valence-electron chi connectivity index (χ4n) is 3.08. The fraction of sp³-hybridized carbons (Fsp3) is 0.294. The molecule has 1 amide bonds. The average Bonchev–Trinajstić information content (AvgIpc) is 3.05. The lowest BCUT2D eigenvalue weighted by Gasteiger charge is -2.23. The zero-order chi connectivity index (χ0) is 17.8. The van der Waals surface area contributed by atoms with Crippen LogP contribution >= 0.6 is 11.6 Å².